The number of hydrogen-bond donors (Lipinski definition) is 1. The van der Waals surface area contributed by atoms with Crippen molar-refractivity contribution in [1.29, 1.82) is 0 Å². The van der Waals surface area contributed by atoms with E-state index in [9.17, 15) is 0 Å². The third-order valence-corrected chi connectivity index (χ3v) is 1.34. The van der Waals surface area contributed by atoms with Gasteiger partial charge < -0.3 is 10.2 Å². The SMILES string of the molecule is CN1CCNCC1.ClCCl. The van der Waals surface area contributed by atoms with Crippen LogP contribution < -0.4 is 5.32 Å². The van der Waals surface area contributed by atoms with Gasteiger partial charge in [-0.15, -0.1) is 23.2 Å². The van der Waals surface area contributed by atoms with Crippen LogP contribution in [0.2, 0.25) is 0 Å². The Kier molecular flexibility index (Phi) is 7.99. The monoisotopic (exact) mass is 184 g/mol. The van der Waals surface area contributed by atoms with Gasteiger partial charge in [0.2, 0.25) is 0 Å². The number of nitrogens with zero attached hydrogens (tertiary/aromatic N) is 1. The van der Waals surface area contributed by atoms with Crippen LogP contribution in [0.25, 0.3) is 0 Å². The summed E-state index contributed by atoms with van der Waals surface area (Å²) in [5, 5.41) is 3.47. The minimum atomic E-state index is 0.194. The standard InChI is InChI=1S/C5H12N2.CH2Cl2/c1-7-4-2-6-3-5-7;2-1-3/h6H,2-5H2,1H3;1H2. The molecule has 1 aliphatic rings. The summed E-state index contributed by atoms with van der Waals surface area (Å²) < 4.78 is 0. The number of alkyl halides is 2. The van der Waals surface area contributed by atoms with E-state index in [0.29, 0.717) is 0 Å². The number of rotatable bonds is 0. The van der Waals surface area contributed by atoms with Gasteiger partial charge in [0.1, 0.15) is 0 Å². The zero-order chi connectivity index (χ0) is 7.82. The Balaban J connectivity index is 0.000000236. The van der Waals surface area contributed by atoms with E-state index in [1.165, 1.54) is 13.1 Å². The second-order valence-electron chi connectivity index (χ2n) is 2.15. The summed E-state index contributed by atoms with van der Waals surface area (Å²) in [6, 6.07) is 0. The van der Waals surface area contributed by atoms with Gasteiger partial charge in [-0.05, 0) is 7.05 Å². The second kappa shape index (κ2) is 7.61. The second-order valence-corrected chi connectivity index (χ2v) is 2.96. The maximum absolute atomic E-state index is 4.76. The third kappa shape index (κ3) is 6.62. The summed E-state index contributed by atoms with van der Waals surface area (Å²) in [7, 11) is 2.15. The molecule has 0 aliphatic carbocycles. The Morgan fingerprint density at radius 3 is 1.90 bits per heavy atom. The summed E-state index contributed by atoms with van der Waals surface area (Å²) in [4.78, 5) is 2.33. The molecular weight excluding hydrogens is 171 g/mol. The number of halogens is 2. The highest BCUT2D eigenvalue weighted by Crippen LogP contribution is 1.83. The highest BCUT2D eigenvalue weighted by Gasteiger charge is 2.01. The van der Waals surface area contributed by atoms with Gasteiger partial charge in [-0.3, -0.25) is 0 Å². The smallest absolute Gasteiger partial charge is 0.0967 e. The molecule has 0 aromatic carbocycles. The van der Waals surface area contributed by atoms with Crippen molar-refractivity contribution in [2.75, 3.05) is 38.6 Å². The molecule has 10 heavy (non-hydrogen) atoms. The van der Waals surface area contributed by atoms with E-state index < -0.39 is 0 Å². The third-order valence-electron chi connectivity index (χ3n) is 1.34. The molecule has 1 rings (SSSR count). The van der Waals surface area contributed by atoms with E-state index in [1.807, 2.05) is 0 Å². The number of likely N-dealkylation sites (N-methyl/N-ethyl adjacent to an activating group) is 1. The fraction of sp³-hybridized carbons (Fsp3) is 1.00. The molecule has 1 saturated heterocycles. The summed E-state index contributed by atoms with van der Waals surface area (Å²) in [6.07, 6.45) is 0. The molecule has 2 nitrogen and oxygen atoms in total. The van der Waals surface area contributed by atoms with Gasteiger partial charge in [0.25, 0.3) is 0 Å². The van der Waals surface area contributed by atoms with E-state index in [-0.39, 0.29) is 5.34 Å². The van der Waals surface area contributed by atoms with Gasteiger partial charge in [-0.2, -0.15) is 0 Å². The van der Waals surface area contributed by atoms with Crippen molar-refractivity contribution in [3.05, 3.63) is 0 Å². The van der Waals surface area contributed by atoms with E-state index in [2.05, 4.69) is 17.3 Å². The minimum absolute atomic E-state index is 0.194. The topological polar surface area (TPSA) is 15.3 Å². The Hall–Kier alpha value is 0.500. The van der Waals surface area contributed by atoms with Crippen molar-refractivity contribution in [3.63, 3.8) is 0 Å². The van der Waals surface area contributed by atoms with Crippen molar-refractivity contribution in [1.82, 2.24) is 10.2 Å². The van der Waals surface area contributed by atoms with Crippen LogP contribution in [-0.4, -0.2) is 43.5 Å². The molecule has 0 aromatic heterocycles. The van der Waals surface area contributed by atoms with Crippen LogP contribution in [0.1, 0.15) is 0 Å². The molecular formula is C6H14Cl2N2. The first-order valence-electron chi connectivity index (χ1n) is 3.32. The first-order valence-corrected chi connectivity index (χ1v) is 4.39. The highest BCUT2D eigenvalue weighted by molar-refractivity contribution is 6.40. The van der Waals surface area contributed by atoms with Gasteiger partial charge in [0.15, 0.2) is 0 Å². The molecule has 1 aliphatic heterocycles. The molecule has 0 atom stereocenters. The molecule has 0 bridgehead atoms. The van der Waals surface area contributed by atoms with Crippen molar-refractivity contribution < 1.29 is 0 Å². The summed E-state index contributed by atoms with van der Waals surface area (Å²) in [5.74, 6) is 0. The Bertz CT molecular complexity index is 64.8. The summed E-state index contributed by atoms with van der Waals surface area (Å²) in [5.41, 5.74) is 0. The number of nitrogens with one attached hydrogen (secondary N) is 1. The van der Waals surface area contributed by atoms with E-state index >= 15 is 0 Å². The molecule has 0 saturated carbocycles. The predicted octanol–water partition coefficient (Wildman–Crippen LogP) is 0.943. The Labute approximate surface area is 72.5 Å². The van der Waals surface area contributed by atoms with Gasteiger partial charge in [0.05, 0.1) is 5.34 Å². The maximum Gasteiger partial charge on any atom is 0.0967 e. The first kappa shape index (κ1) is 10.5. The largest absolute Gasteiger partial charge is 0.314 e. The van der Waals surface area contributed by atoms with Crippen LogP contribution in [0.5, 0.6) is 0 Å². The first-order chi connectivity index (χ1) is 4.81. The Morgan fingerprint density at radius 1 is 1.30 bits per heavy atom. The van der Waals surface area contributed by atoms with Crippen LogP contribution in [0.4, 0.5) is 0 Å². The molecule has 62 valence electrons. The van der Waals surface area contributed by atoms with Crippen LogP contribution in [0, 0.1) is 0 Å². The van der Waals surface area contributed by atoms with Crippen molar-refractivity contribution >= 4 is 23.2 Å². The molecule has 1 N–H and O–H groups in total. The van der Waals surface area contributed by atoms with E-state index in [4.69, 9.17) is 23.2 Å². The van der Waals surface area contributed by atoms with Gasteiger partial charge in [0, 0.05) is 26.2 Å². The van der Waals surface area contributed by atoms with Crippen molar-refractivity contribution in [3.8, 4) is 0 Å². The summed E-state index contributed by atoms with van der Waals surface area (Å²) in [6.45, 7) is 4.74. The molecule has 0 aromatic rings. The fourth-order valence-corrected chi connectivity index (χ4v) is 0.777. The minimum Gasteiger partial charge on any atom is -0.314 e. The van der Waals surface area contributed by atoms with Crippen LogP contribution >= 0.6 is 23.2 Å². The number of piperazine rings is 1. The zero-order valence-corrected chi connectivity index (χ0v) is 7.75. The summed E-state index contributed by atoms with van der Waals surface area (Å²) >= 11 is 9.53. The van der Waals surface area contributed by atoms with Crippen LogP contribution in [0.15, 0.2) is 0 Å². The average molecular weight is 185 g/mol. The predicted molar refractivity (Wildman–Crippen MR) is 46.9 cm³/mol. The molecule has 1 heterocycles. The van der Waals surface area contributed by atoms with Crippen molar-refractivity contribution in [2.24, 2.45) is 0 Å². The van der Waals surface area contributed by atoms with E-state index in [0.717, 1.165) is 13.1 Å². The van der Waals surface area contributed by atoms with Gasteiger partial charge in [-0.1, -0.05) is 0 Å². The highest BCUT2D eigenvalue weighted by atomic mass is 35.5. The molecule has 1 fully saturated rings. The fourth-order valence-electron chi connectivity index (χ4n) is 0.777. The lowest BCUT2D eigenvalue weighted by molar-refractivity contribution is 0.291. The molecule has 0 spiro atoms. The normalized spacial score (nSPS) is 19.5. The van der Waals surface area contributed by atoms with Crippen LogP contribution in [-0.2, 0) is 0 Å². The van der Waals surface area contributed by atoms with E-state index in [1.54, 1.807) is 0 Å². The average Bonchev–Trinajstić information content (AvgIpc) is 1.91. The quantitative estimate of drug-likeness (QED) is 0.565. The molecule has 0 amide bonds. The van der Waals surface area contributed by atoms with Crippen molar-refractivity contribution in [2.45, 2.75) is 0 Å². The maximum atomic E-state index is 4.76. The molecule has 0 radical (unpaired) electrons. The van der Waals surface area contributed by atoms with Gasteiger partial charge >= 0.3 is 0 Å². The lowest BCUT2D eigenvalue weighted by Gasteiger charge is -2.21. The Morgan fingerprint density at radius 2 is 1.70 bits per heavy atom. The van der Waals surface area contributed by atoms with Crippen LogP contribution in [0.3, 0.4) is 0 Å². The zero-order valence-electron chi connectivity index (χ0n) is 6.24. The number of hydrogen-bond acceptors (Lipinski definition) is 2. The van der Waals surface area contributed by atoms with Gasteiger partial charge in [-0.25, -0.2) is 0 Å². The molecule has 0 unspecified atom stereocenters. The lowest BCUT2D eigenvalue weighted by Crippen LogP contribution is -2.40. The lowest BCUT2D eigenvalue weighted by atomic mass is 10.4. The molecule has 4 heteroatoms.